The van der Waals surface area contributed by atoms with E-state index >= 15 is 0 Å². The van der Waals surface area contributed by atoms with E-state index < -0.39 is 0 Å². The molecule has 0 unspecified atom stereocenters. The van der Waals surface area contributed by atoms with Gasteiger partial charge in [-0.05, 0) is 6.42 Å². The quantitative estimate of drug-likeness (QED) is 0.460. The van der Waals surface area contributed by atoms with Crippen LogP contribution in [0.1, 0.15) is 58.3 Å². The Morgan fingerprint density at radius 3 is 2.27 bits per heavy atom. The van der Waals surface area contributed by atoms with Crippen LogP contribution in [-0.2, 0) is 0 Å². The standard InChI is InChI=1S/C11H22/c1-3-5-7-9-11-10-8-6-4-2/h5H,1,3-4,6-11H2,2H3. The lowest BCUT2D eigenvalue weighted by Gasteiger charge is -1.98. The molecule has 11 heavy (non-hydrogen) atoms. The second-order valence-electron chi connectivity index (χ2n) is 3.13. The second kappa shape index (κ2) is 10.0. The van der Waals surface area contributed by atoms with Gasteiger partial charge in [-0.25, -0.2) is 0 Å². The van der Waals surface area contributed by atoms with E-state index in [9.17, 15) is 0 Å². The summed E-state index contributed by atoms with van der Waals surface area (Å²) in [6.07, 6.45) is 13.0. The first-order chi connectivity index (χ1) is 5.41. The van der Waals surface area contributed by atoms with E-state index in [0.29, 0.717) is 0 Å². The molecule has 0 aromatic rings. The van der Waals surface area contributed by atoms with Gasteiger partial charge in [0.05, 0.1) is 0 Å². The van der Waals surface area contributed by atoms with Crippen molar-refractivity contribution in [3.8, 4) is 0 Å². The molecule has 0 heteroatoms. The maximum absolute atomic E-state index is 3.78. The van der Waals surface area contributed by atoms with Gasteiger partial charge in [-0.1, -0.05) is 65.2 Å². The third kappa shape index (κ3) is 10.0. The van der Waals surface area contributed by atoms with Crippen LogP contribution in [0.4, 0.5) is 0 Å². The highest BCUT2D eigenvalue weighted by atomic mass is 13.9. The molecular formula is C11H22. The molecule has 0 aliphatic heterocycles. The minimum Gasteiger partial charge on any atom is -0.0654 e. The topological polar surface area (TPSA) is 0 Å². The molecule has 0 saturated heterocycles. The Balaban J connectivity index is 2.69. The van der Waals surface area contributed by atoms with Gasteiger partial charge in [0.1, 0.15) is 0 Å². The molecule has 0 N–H and O–H groups in total. The average molecular weight is 154 g/mol. The van der Waals surface area contributed by atoms with Crippen LogP contribution in [0, 0.1) is 13.3 Å². The van der Waals surface area contributed by atoms with Crippen molar-refractivity contribution in [3.05, 3.63) is 13.3 Å². The summed E-state index contributed by atoms with van der Waals surface area (Å²) in [6, 6.07) is 0. The van der Waals surface area contributed by atoms with Gasteiger partial charge in [0.2, 0.25) is 0 Å². The van der Waals surface area contributed by atoms with Gasteiger partial charge < -0.3 is 0 Å². The van der Waals surface area contributed by atoms with Gasteiger partial charge >= 0.3 is 0 Å². The molecule has 0 atom stereocenters. The van der Waals surface area contributed by atoms with Crippen molar-refractivity contribution >= 4 is 0 Å². The maximum Gasteiger partial charge on any atom is -0.0386 e. The van der Waals surface area contributed by atoms with Gasteiger partial charge in [-0.3, -0.25) is 0 Å². The number of hydrogen-bond donors (Lipinski definition) is 0. The third-order valence-corrected chi connectivity index (χ3v) is 1.97. The minimum atomic E-state index is 0.995. The van der Waals surface area contributed by atoms with Crippen molar-refractivity contribution in [3.63, 3.8) is 0 Å². The highest BCUT2D eigenvalue weighted by Gasteiger charge is 1.89. The van der Waals surface area contributed by atoms with E-state index in [4.69, 9.17) is 0 Å². The molecule has 0 spiro atoms. The zero-order valence-corrected chi connectivity index (χ0v) is 7.94. The molecule has 0 heterocycles. The zero-order chi connectivity index (χ0) is 8.36. The number of hydrogen-bond acceptors (Lipinski definition) is 0. The summed E-state index contributed by atoms with van der Waals surface area (Å²) in [5.74, 6) is 0. The molecule has 66 valence electrons. The van der Waals surface area contributed by atoms with Crippen LogP contribution in [0.2, 0.25) is 0 Å². The van der Waals surface area contributed by atoms with Crippen LogP contribution < -0.4 is 0 Å². The van der Waals surface area contributed by atoms with Gasteiger partial charge in [0, 0.05) is 0 Å². The summed E-state index contributed by atoms with van der Waals surface area (Å²) in [5.41, 5.74) is 0. The Kier molecular flexibility index (Phi) is 10.0. The fraction of sp³-hybridized carbons (Fsp3) is 0.818. The van der Waals surface area contributed by atoms with Gasteiger partial charge in [0.25, 0.3) is 0 Å². The van der Waals surface area contributed by atoms with E-state index in [1.165, 1.54) is 44.9 Å². The Morgan fingerprint density at radius 2 is 1.64 bits per heavy atom. The Morgan fingerprint density at radius 1 is 1.00 bits per heavy atom. The molecule has 0 amide bonds. The van der Waals surface area contributed by atoms with Crippen LogP contribution >= 0.6 is 0 Å². The predicted molar refractivity (Wildman–Crippen MR) is 52.3 cm³/mol. The van der Waals surface area contributed by atoms with E-state index in [-0.39, 0.29) is 0 Å². The molecule has 2 radical (unpaired) electrons. The van der Waals surface area contributed by atoms with Crippen molar-refractivity contribution in [1.29, 1.82) is 0 Å². The zero-order valence-electron chi connectivity index (χ0n) is 7.94. The second-order valence-corrected chi connectivity index (χ2v) is 3.13. The summed E-state index contributed by atoms with van der Waals surface area (Å²) >= 11 is 0. The normalized spacial score (nSPS) is 10.4. The minimum absolute atomic E-state index is 0.995. The summed E-state index contributed by atoms with van der Waals surface area (Å²) in [4.78, 5) is 0. The highest BCUT2D eigenvalue weighted by Crippen LogP contribution is 2.08. The largest absolute Gasteiger partial charge is 0.0654 e. The van der Waals surface area contributed by atoms with Gasteiger partial charge in [-0.15, -0.1) is 0 Å². The first-order valence-electron chi connectivity index (χ1n) is 5.02. The molecule has 0 saturated carbocycles. The first-order valence-corrected chi connectivity index (χ1v) is 5.02. The molecule has 0 aromatic carbocycles. The maximum atomic E-state index is 3.78. The SMILES string of the molecule is [CH2]C[CH]CCCCCCCC. The monoisotopic (exact) mass is 154 g/mol. The van der Waals surface area contributed by atoms with Crippen molar-refractivity contribution in [1.82, 2.24) is 0 Å². The molecule has 0 aromatic heterocycles. The fourth-order valence-electron chi connectivity index (χ4n) is 1.21. The van der Waals surface area contributed by atoms with E-state index in [1.807, 2.05) is 0 Å². The van der Waals surface area contributed by atoms with Gasteiger partial charge in [-0.2, -0.15) is 0 Å². The Bertz CT molecular complexity index is 49.1. The van der Waals surface area contributed by atoms with E-state index in [0.717, 1.165) is 6.42 Å². The third-order valence-electron chi connectivity index (χ3n) is 1.97. The van der Waals surface area contributed by atoms with Crippen molar-refractivity contribution in [2.24, 2.45) is 0 Å². The van der Waals surface area contributed by atoms with E-state index in [2.05, 4.69) is 20.3 Å². The fourth-order valence-corrected chi connectivity index (χ4v) is 1.21. The van der Waals surface area contributed by atoms with Crippen LogP contribution in [0.15, 0.2) is 0 Å². The van der Waals surface area contributed by atoms with E-state index in [1.54, 1.807) is 0 Å². The highest BCUT2D eigenvalue weighted by molar-refractivity contribution is 4.64. The molecule has 0 bridgehead atoms. The number of rotatable bonds is 8. The van der Waals surface area contributed by atoms with Crippen LogP contribution in [0.3, 0.4) is 0 Å². The van der Waals surface area contributed by atoms with Crippen molar-refractivity contribution in [2.75, 3.05) is 0 Å². The Labute approximate surface area is 72.4 Å². The summed E-state index contributed by atoms with van der Waals surface area (Å²) in [5, 5.41) is 0. The average Bonchev–Trinajstić information content (AvgIpc) is 2.03. The molecule has 0 fully saturated rings. The van der Waals surface area contributed by atoms with Crippen LogP contribution in [-0.4, -0.2) is 0 Å². The molecule has 0 aliphatic rings. The van der Waals surface area contributed by atoms with Crippen LogP contribution in [0.5, 0.6) is 0 Å². The summed E-state index contributed by atoms with van der Waals surface area (Å²) in [7, 11) is 0. The van der Waals surface area contributed by atoms with Gasteiger partial charge in [0.15, 0.2) is 0 Å². The lowest BCUT2D eigenvalue weighted by Crippen LogP contribution is -1.79. The number of unbranched alkanes of at least 4 members (excludes halogenated alkanes) is 8. The van der Waals surface area contributed by atoms with Crippen molar-refractivity contribution < 1.29 is 0 Å². The first kappa shape index (κ1) is 11.0. The smallest absolute Gasteiger partial charge is 0.0386 e. The Hall–Kier alpha value is 0. The van der Waals surface area contributed by atoms with Crippen LogP contribution in [0.25, 0.3) is 0 Å². The molecule has 0 aliphatic carbocycles. The lowest BCUT2D eigenvalue weighted by atomic mass is 10.1. The molecular weight excluding hydrogens is 132 g/mol. The lowest BCUT2D eigenvalue weighted by molar-refractivity contribution is 0.603. The molecule has 0 nitrogen and oxygen atoms in total. The summed E-state index contributed by atoms with van der Waals surface area (Å²) < 4.78 is 0. The van der Waals surface area contributed by atoms with Crippen molar-refractivity contribution in [2.45, 2.75) is 58.3 Å². The summed E-state index contributed by atoms with van der Waals surface area (Å²) in [6.45, 7) is 6.04. The predicted octanol–water partition coefficient (Wildman–Crippen LogP) is 4.17. The molecule has 0 rings (SSSR count).